The smallest absolute Gasteiger partial charge is 0.269 e. The van der Waals surface area contributed by atoms with Crippen LogP contribution in [0.5, 0.6) is 0 Å². The van der Waals surface area contributed by atoms with Crippen LogP contribution in [0, 0.1) is 0 Å². The topological polar surface area (TPSA) is 87.7 Å². The minimum absolute atomic E-state index is 0.234. The van der Waals surface area contributed by atoms with E-state index in [4.69, 9.17) is 0 Å². The minimum atomic E-state index is -0.269. The van der Waals surface area contributed by atoms with Crippen molar-refractivity contribution in [3.8, 4) is 11.5 Å². The number of amides is 1. The highest BCUT2D eigenvalue weighted by molar-refractivity contribution is 7.17. The van der Waals surface area contributed by atoms with Crippen molar-refractivity contribution in [2.75, 3.05) is 6.54 Å². The number of nitrogens with one attached hydrogen (secondary N) is 2. The van der Waals surface area contributed by atoms with Crippen molar-refractivity contribution in [3.05, 3.63) is 81.6 Å². The highest BCUT2D eigenvalue weighted by Crippen LogP contribution is 2.23. The molecule has 4 aromatic rings. The lowest BCUT2D eigenvalue weighted by atomic mass is 10.1. The molecule has 6 nitrogen and oxygen atoms in total. The van der Waals surface area contributed by atoms with Gasteiger partial charge in [-0.05, 0) is 24.1 Å². The van der Waals surface area contributed by atoms with Crippen molar-refractivity contribution in [1.82, 2.24) is 20.3 Å². The number of aromatic amines is 1. The molecule has 27 heavy (non-hydrogen) atoms. The van der Waals surface area contributed by atoms with Crippen LogP contribution in [-0.2, 0) is 6.42 Å². The monoisotopic (exact) mass is 376 g/mol. The molecule has 0 aliphatic heterocycles. The molecule has 4 rings (SSSR count). The summed E-state index contributed by atoms with van der Waals surface area (Å²) >= 11 is 1.22. The summed E-state index contributed by atoms with van der Waals surface area (Å²) in [5.41, 5.74) is 2.25. The number of carbonyl (C=O) groups is 1. The van der Waals surface area contributed by atoms with Crippen molar-refractivity contribution in [2.45, 2.75) is 6.42 Å². The fourth-order valence-corrected chi connectivity index (χ4v) is 3.65. The third-order valence-corrected chi connectivity index (χ3v) is 5.09. The molecule has 1 amide bonds. The molecule has 7 heteroatoms. The van der Waals surface area contributed by atoms with Crippen LogP contribution < -0.4 is 10.9 Å². The molecule has 1 aromatic carbocycles. The number of pyridine rings is 1. The van der Waals surface area contributed by atoms with Crippen LogP contribution >= 0.6 is 11.3 Å². The normalized spacial score (nSPS) is 10.8. The molecule has 3 aromatic heterocycles. The number of nitrogens with zero attached hydrogens (tertiary/aromatic N) is 2. The van der Waals surface area contributed by atoms with Crippen LogP contribution in [-0.4, -0.2) is 27.4 Å². The van der Waals surface area contributed by atoms with Crippen molar-refractivity contribution in [1.29, 1.82) is 0 Å². The van der Waals surface area contributed by atoms with Gasteiger partial charge in [0.15, 0.2) is 5.82 Å². The van der Waals surface area contributed by atoms with Gasteiger partial charge in [-0.1, -0.05) is 36.4 Å². The Balaban J connectivity index is 1.59. The van der Waals surface area contributed by atoms with E-state index < -0.39 is 0 Å². The van der Waals surface area contributed by atoms with Crippen LogP contribution in [0.1, 0.15) is 15.9 Å². The number of carbonyl (C=O) groups excluding carboxylic acids is 1. The Morgan fingerprint density at radius 1 is 1.11 bits per heavy atom. The van der Waals surface area contributed by atoms with Gasteiger partial charge in [0.05, 0.1) is 5.56 Å². The molecule has 0 radical (unpaired) electrons. The average Bonchev–Trinajstić information content (AvgIpc) is 3.14. The second kappa shape index (κ2) is 7.51. The molecule has 0 fully saturated rings. The Hall–Kier alpha value is -3.32. The molecule has 0 spiro atoms. The highest BCUT2D eigenvalue weighted by Gasteiger charge is 2.17. The third-order valence-electron chi connectivity index (χ3n) is 4.12. The number of hydrogen-bond acceptors (Lipinski definition) is 5. The number of fused-ring (bicyclic) bond motifs is 1. The molecule has 3 heterocycles. The molecule has 0 unspecified atom stereocenters. The number of thiophene rings is 1. The molecule has 0 saturated heterocycles. The van der Waals surface area contributed by atoms with Gasteiger partial charge in [-0.2, -0.15) is 0 Å². The first kappa shape index (κ1) is 17.1. The van der Waals surface area contributed by atoms with Gasteiger partial charge in [-0.3, -0.25) is 14.6 Å². The van der Waals surface area contributed by atoms with Crippen LogP contribution in [0.4, 0.5) is 0 Å². The third kappa shape index (κ3) is 3.63. The van der Waals surface area contributed by atoms with Gasteiger partial charge in [0.2, 0.25) is 0 Å². The van der Waals surface area contributed by atoms with Crippen molar-refractivity contribution < 1.29 is 4.79 Å². The maximum Gasteiger partial charge on any atom is 0.269 e. The lowest BCUT2D eigenvalue weighted by molar-refractivity contribution is 0.0956. The molecule has 0 aliphatic carbocycles. The number of rotatable bonds is 5. The Labute approximate surface area is 158 Å². The summed E-state index contributed by atoms with van der Waals surface area (Å²) in [6.45, 7) is 0.510. The average molecular weight is 376 g/mol. The number of benzene rings is 1. The number of aromatic nitrogens is 3. The lowest BCUT2D eigenvalue weighted by Gasteiger charge is -2.05. The van der Waals surface area contributed by atoms with Crippen molar-refractivity contribution >= 4 is 27.5 Å². The second-order valence-electron chi connectivity index (χ2n) is 5.95. The highest BCUT2D eigenvalue weighted by atomic mass is 32.1. The van der Waals surface area contributed by atoms with Crippen molar-refractivity contribution in [2.24, 2.45) is 0 Å². The number of hydrogen-bond donors (Lipinski definition) is 2. The molecule has 0 atom stereocenters. The van der Waals surface area contributed by atoms with E-state index in [1.807, 2.05) is 36.4 Å². The van der Waals surface area contributed by atoms with Crippen LogP contribution in [0.3, 0.4) is 0 Å². The van der Waals surface area contributed by atoms with Gasteiger partial charge in [-0.25, -0.2) is 4.98 Å². The van der Waals surface area contributed by atoms with E-state index in [0.29, 0.717) is 33.8 Å². The van der Waals surface area contributed by atoms with Gasteiger partial charge in [-0.15, -0.1) is 11.3 Å². The first-order chi connectivity index (χ1) is 13.2. The fourth-order valence-electron chi connectivity index (χ4n) is 2.77. The van der Waals surface area contributed by atoms with Gasteiger partial charge in [0.1, 0.15) is 15.9 Å². The van der Waals surface area contributed by atoms with Crippen LogP contribution in [0.25, 0.3) is 21.7 Å². The Bertz CT molecular complexity index is 1140. The minimum Gasteiger partial charge on any atom is -0.352 e. The maximum absolute atomic E-state index is 12.6. The SMILES string of the molecule is O=C(NCCc1ccccc1)c1csc2c(=O)[nH]c(-c3ccccn3)nc12. The summed E-state index contributed by atoms with van der Waals surface area (Å²) in [4.78, 5) is 36.4. The summed E-state index contributed by atoms with van der Waals surface area (Å²) in [6.07, 6.45) is 2.37. The van der Waals surface area contributed by atoms with E-state index in [1.165, 1.54) is 11.3 Å². The van der Waals surface area contributed by atoms with Gasteiger partial charge < -0.3 is 10.3 Å². The first-order valence-corrected chi connectivity index (χ1v) is 9.35. The zero-order valence-corrected chi connectivity index (χ0v) is 15.1. The fraction of sp³-hybridized carbons (Fsp3) is 0.100. The molecule has 134 valence electrons. The van der Waals surface area contributed by atoms with E-state index in [2.05, 4.69) is 20.3 Å². The predicted octanol–water partition coefficient (Wildman–Crippen LogP) is 3.02. The first-order valence-electron chi connectivity index (χ1n) is 8.47. The Morgan fingerprint density at radius 2 is 1.93 bits per heavy atom. The van der Waals surface area contributed by atoms with E-state index >= 15 is 0 Å². The Morgan fingerprint density at radius 3 is 2.70 bits per heavy atom. The molecule has 0 aliphatic rings. The van der Waals surface area contributed by atoms with E-state index in [9.17, 15) is 9.59 Å². The molecule has 0 bridgehead atoms. The number of H-pyrrole nitrogens is 1. The van der Waals surface area contributed by atoms with Gasteiger partial charge in [0, 0.05) is 18.1 Å². The summed E-state index contributed by atoms with van der Waals surface area (Å²) in [5, 5.41) is 4.58. The Kier molecular flexibility index (Phi) is 4.76. The lowest BCUT2D eigenvalue weighted by Crippen LogP contribution is -2.25. The zero-order valence-electron chi connectivity index (χ0n) is 14.3. The summed E-state index contributed by atoms with van der Waals surface area (Å²) in [5.74, 6) is 0.118. The van der Waals surface area contributed by atoms with Gasteiger partial charge >= 0.3 is 0 Å². The van der Waals surface area contributed by atoms with E-state index in [0.717, 1.165) is 12.0 Å². The zero-order chi connectivity index (χ0) is 18.6. The van der Waals surface area contributed by atoms with E-state index in [1.54, 1.807) is 23.7 Å². The quantitative estimate of drug-likeness (QED) is 0.560. The summed E-state index contributed by atoms with van der Waals surface area (Å²) in [6, 6.07) is 15.3. The van der Waals surface area contributed by atoms with Crippen molar-refractivity contribution in [3.63, 3.8) is 0 Å². The summed E-state index contributed by atoms with van der Waals surface area (Å²) in [7, 11) is 0. The largest absolute Gasteiger partial charge is 0.352 e. The molecule has 2 N–H and O–H groups in total. The predicted molar refractivity (Wildman–Crippen MR) is 106 cm³/mol. The van der Waals surface area contributed by atoms with Crippen LogP contribution in [0.2, 0.25) is 0 Å². The maximum atomic E-state index is 12.6. The van der Waals surface area contributed by atoms with Gasteiger partial charge in [0.25, 0.3) is 11.5 Å². The molecule has 0 saturated carbocycles. The standard InChI is InChI=1S/C20H16N4O2S/c25-19(22-11-9-13-6-2-1-3-7-13)14-12-27-17-16(14)23-18(24-20(17)26)15-8-4-5-10-21-15/h1-8,10,12H,9,11H2,(H,22,25)(H,23,24,26). The second-order valence-corrected chi connectivity index (χ2v) is 6.83. The molecular weight excluding hydrogens is 360 g/mol. The van der Waals surface area contributed by atoms with Crippen LogP contribution in [0.15, 0.2) is 64.9 Å². The van der Waals surface area contributed by atoms with E-state index in [-0.39, 0.29) is 11.5 Å². The molecular formula is C20H16N4O2S. The summed E-state index contributed by atoms with van der Waals surface area (Å²) < 4.78 is 0.433.